The largest absolute Gasteiger partial charge is 0.325 e. The molecule has 1 amide bonds. The van der Waals surface area contributed by atoms with Crippen molar-refractivity contribution in [1.82, 2.24) is 4.98 Å². The summed E-state index contributed by atoms with van der Waals surface area (Å²) in [5, 5.41) is 2.77. The summed E-state index contributed by atoms with van der Waals surface area (Å²) >= 11 is 0. The first-order valence-electron chi connectivity index (χ1n) is 6.76. The van der Waals surface area contributed by atoms with Crippen LogP contribution in [-0.4, -0.2) is 10.9 Å². The zero-order chi connectivity index (χ0) is 14.1. The molecule has 1 aliphatic carbocycles. The molecule has 0 unspecified atom stereocenters. The van der Waals surface area contributed by atoms with Gasteiger partial charge in [-0.1, -0.05) is 12.1 Å². The van der Waals surface area contributed by atoms with Crippen molar-refractivity contribution in [3.63, 3.8) is 0 Å². The molecule has 4 heteroatoms. The smallest absolute Gasteiger partial charge is 0.261 e. The minimum Gasteiger partial charge on any atom is -0.325 e. The highest BCUT2D eigenvalue weighted by Gasteiger charge is 2.18. The van der Waals surface area contributed by atoms with E-state index < -0.39 is 0 Å². The van der Waals surface area contributed by atoms with Crippen LogP contribution in [0.4, 0.5) is 5.69 Å². The highest BCUT2D eigenvalue weighted by atomic mass is 16.2. The fourth-order valence-corrected chi connectivity index (χ4v) is 2.60. The Hall–Kier alpha value is -2.36. The lowest BCUT2D eigenvalue weighted by atomic mass is 10.1. The van der Waals surface area contributed by atoms with Crippen LogP contribution in [0.2, 0.25) is 0 Å². The number of H-pyrrole nitrogens is 1. The van der Waals surface area contributed by atoms with Gasteiger partial charge in [-0.15, -0.1) is 0 Å². The minimum absolute atomic E-state index is 0.187. The van der Waals surface area contributed by atoms with Crippen molar-refractivity contribution in [3.05, 3.63) is 63.1 Å². The Labute approximate surface area is 116 Å². The van der Waals surface area contributed by atoms with Crippen molar-refractivity contribution in [2.75, 3.05) is 5.32 Å². The third kappa shape index (κ3) is 2.37. The number of aryl methyl sites for hydroxylation is 3. The molecule has 0 radical (unpaired) electrons. The molecule has 3 rings (SSSR count). The average Bonchev–Trinajstić information content (AvgIpc) is 2.84. The van der Waals surface area contributed by atoms with Crippen molar-refractivity contribution in [2.24, 2.45) is 0 Å². The summed E-state index contributed by atoms with van der Waals surface area (Å²) in [6, 6.07) is 9.24. The Bertz CT molecular complexity index is 731. The van der Waals surface area contributed by atoms with E-state index in [1.54, 1.807) is 6.07 Å². The molecule has 0 saturated heterocycles. The van der Waals surface area contributed by atoms with E-state index in [2.05, 4.69) is 10.3 Å². The number of aromatic amines is 1. The molecule has 0 fully saturated rings. The van der Waals surface area contributed by atoms with Gasteiger partial charge in [0.15, 0.2) is 0 Å². The van der Waals surface area contributed by atoms with E-state index >= 15 is 0 Å². The van der Waals surface area contributed by atoms with Crippen LogP contribution in [0, 0.1) is 6.92 Å². The van der Waals surface area contributed by atoms with Crippen LogP contribution in [0.25, 0.3) is 0 Å². The lowest BCUT2D eigenvalue weighted by Gasteiger charge is -2.07. The summed E-state index contributed by atoms with van der Waals surface area (Å²) in [5.41, 5.74) is 3.70. The summed E-state index contributed by atoms with van der Waals surface area (Å²) in [5.74, 6) is -0.355. The average molecular weight is 268 g/mol. The normalized spacial score (nSPS) is 13.1. The van der Waals surface area contributed by atoms with Gasteiger partial charge in [-0.25, -0.2) is 0 Å². The lowest BCUT2D eigenvalue weighted by Crippen LogP contribution is -2.24. The second-order valence-corrected chi connectivity index (χ2v) is 5.19. The predicted octanol–water partition coefficient (Wildman–Crippen LogP) is 2.42. The Kier molecular flexibility index (Phi) is 3.14. The molecule has 0 saturated carbocycles. The van der Waals surface area contributed by atoms with Gasteiger partial charge in [0.2, 0.25) is 0 Å². The summed E-state index contributed by atoms with van der Waals surface area (Å²) in [7, 11) is 0. The monoisotopic (exact) mass is 268 g/mol. The van der Waals surface area contributed by atoms with Crippen molar-refractivity contribution < 1.29 is 4.79 Å². The van der Waals surface area contributed by atoms with Gasteiger partial charge in [0.05, 0.1) is 0 Å². The Morgan fingerprint density at radius 3 is 2.90 bits per heavy atom. The maximum absolute atomic E-state index is 12.2. The van der Waals surface area contributed by atoms with Gasteiger partial charge in [-0.3, -0.25) is 9.59 Å². The minimum atomic E-state index is -0.355. The number of pyridine rings is 1. The molecular weight excluding hydrogens is 252 g/mol. The number of carbonyl (C=O) groups is 1. The third-order valence-corrected chi connectivity index (χ3v) is 3.61. The van der Waals surface area contributed by atoms with Crippen molar-refractivity contribution in [2.45, 2.75) is 26.2 Å². The summed E-state index contributed by atoms with van der Waals surface area (Å²) in [4.78, 5) is 27.0. The molecule has 102 valence electrons. The second kappa shape index (κ2) is 4.96. The number of anilines is 1. The number of fused-ring (bicyclic) bond motifs is 1. The molecule has 2 N–H and O–H groups in total. The van der Waals surface area contributed by atoms with Crippen LogP contribution in [0.3, 0.4) is 0 Å². The van der Waals surface area contributed by atoms with Gasteiger partial charge in [-0.05, 0) is 55.5 Å². The second-order valence-electron chi connectivity index (χ2n) is 5.19. The molecule has 0 atom stereocenters. The SMILES string of the molecule is Cc1cccc(NC(=O)c2cc3c([nH]c2=O)CCC3)c1. The number of nitrogens with one attached hydrogen (secondary N) is 2. The lowest BCUT2D eigenvalue weighted by molar-refractivity contribution is 0.102. The van der Waals surface area contributed by atoms with Crippen LogP contribution < -0.4 is 10.9 Å². The van der Waals surface area contributed by atoms with E-state index in [0.717, 1.165) is 36.1 Å². The third-order valence-electron chi connectivity index (χ3n) is 3.61. The fourth-order valence-electron chi connectivity index (χ4n) is 2.60. The van der Waals surface area contributed by atoms with Gasteiger partial charge in [0.1, 0.15) is 5.56 Å². The zero-order valence-electron chi connectivity index (χ0n) is 11.3. The van der Waals surface area contributed by atoms with E-state index in [1.807, 2.05) is 31.2 Å². The number of hydrogen-bond acceptors (Lipinski definition) is 2. The number of hydrogen-bond donors (Lipinski definition) is 2. The number of aromatic nitrogens is 1. The van der Waals surface area contributed by atoms with Gasteiger partial charge >= 0.3 is 0 Å². The van der Waals surface area contributed by atoms with Crippen molar-refractivity contribution in [1.29, 1.82) is 0 Å². The van der Waals surface area contributed by atoms with Crippen LogP contribution in [0.1, 0.15) is 33.6 Å². The molecular formula is C16H16N2O2. The molecule has 1 aromatic heterocycles. The molecule has 1 aliphatic rings. The first-order valence-corrected chi connectivity index (χ1v) is 6.76. The maximum atomic E-state index is 12.2. The summed E-state index contributed by atoms with van der Waals surface area (Å²) < 4.78 is 0. The number of rotatable bonds is 2. The quantitative estimate of drug-likeness (QED) is 0.878. The van der Waals surface area contributed by atoms with E-state index in [9.17, 15) is 9.59 Å². The fraction of sp³-hybridized carbons (Fsp3) is 0.250. The van der Waals surface area contributed by atoms with E-state index in [0.29, 0.717) is 5.69 Å². The standard InChI is InChI=1S/C16H16N2O2/c1-10-4-2-6-12(8-10)17-15(19)13-9-11-5-3-7-14(11)18-16(13)20/h2,4,6,8-9H,3,5,7H2,1H3,(H,17,19)(H,18,20). The maximum Gasteiger partial charge on any atom is 0.261 e. The predicted molar refractivity (Wildman–Crippen MR) is 78.2 cm³/mol. The van der Waals surface area contributed by atoms with Crippen LogP contribution in [0.5, 0.6) is 0 Å². The van der Waals surface area contributed by atoms with Crippen LogP contribution in [0.15, 0.2) is 35.1 Å². The number of carbonyl (C=O) groups excluding carboxylic acids is 1. The molecule has 1 aromatic carbocycles. The summed E-state index contributed by atoms with van der Waals surface area (Å²) in [6.07, 6.45) is 2.86. The van der Waals surface area contributed by atoms with Crippen molar-refractivity contribution in [3.8, 4) is 0 Å². The Morgan fingerprint density at radius 2 is 2.10 bits per heavy atom. The van der Waals surface area contributed by atoms with E-state index in [1.165, 1.54) is 0 Å². The van der Waals surface area contributed by atoms with Gasteiger partial charge in [0.25, 0.3) is 11.5 Å². The summed E-state index contributed by atoms with van der Waals surface area (Å²) in [6.45, 7) is 1.96. The van der Waals surface area contributed by atoms with E-state index in [4.69, 9.17) is 0 Å². The Balaban J connectivity index is 1.90. The first kappa shape index (κ1) is 12.7. The van der Waals surface area contributed by atoms with Crippen LogP contribution in [-0.2, 0) is 12.8 Å². The molecule has 20 heavy (non-hydrogen) atoms. The molecule has 0 aliphatic heterocycles. The van der Waals surface area contributed by atoms with Gasteiger partial charge < -0.3 is 10.3 Å². The molecule has 0 bridgehead atoms. The van der Waals surface area contributed by atoms with Crippen molar-refractivity contribution >= 4 is 11.6 Å². The molecule has 2 aromatic rings. The first-order chi connectivity index (χ1) is 9.63. The topological polar surface area (TPSA) is 62.0 Å². The zero-order valence-corrected chi connectivity index (χ0v) is 11.3. The van der Waals surface area contributed by atoms with Crippen LogP contribution >= 0.6 is 0 Å². The molecule has 1 heterocycles. The number of benzene rings is 1. The molecule has 4 nitrogen and oxygen atoms in total. The van der Waals surface area contributed by atoms with E-state index in [-0.39, 0.29) is 17.0 Å². The highest BCUT2D eigenvalue weighted by Crippen LogP contribution is 2.19. The highest BCUT2D eigenvalue weighted by molar-refractivity contribution is 6.04. The Morgan fingerprint density at radius 1 is 1.25 bits per heavy atom. The molecule has 0 spiro atoms. The van der Waals surface area contributed by atoms with Gasteiger partial charge in [0, 0.05) is 11.4 Å². The van der Waals surface area contributed by atoms with Gasteiger partial charge in [-0.2, -0.15) is 0 Å². The number of amides is 1.